The van der Waals surface area contributed by atoms with Crippen LogP contribution < -0.4 is 9.62 Å². The first-order valence-electron chi connectivity index (χ1n) is 11.9. The molecule has 2 aromatic rings. The van der Waals surface area contributed by atoms with Crippen molar-refractivity contribution in [1.29, 1.82) is 0 Å². The second-order valence-corrected chi connectivity index (χ2v) is 14.1. The van der Waals surface area contributed by atoms with Crippen LogP contribution in [0.5, 0.6) is 0 Å². The van der Waals surface area contributed by atoms with E-state index in [2.05, 4.69) is 17.4 Å². The Morgan fingerprint density at radius 1 is 1.05 bits per heavy atom. The van der Waals surface area contributed by atoms with Crippen LogP contribution in [0.15, 0.2) is 58.3 Å². The van der Waals surface area contributed by atoms with Crippen molar-refractivity contribution in [3.8, 4) is 0 Å². The standard InChI is InChI=1S/C24H32F3N3O5S3/c1-17(2)16-37(32,33)28-14-20-15-29(38(34,35)22-7-5-4-6-21(22)36)12-13-30(20)19-10-8-18(9-11-19)23(3,31)24(25,26)27/h4-11,17,20,28,31,36H,12-16H2,1-3H3/t20-,23-/m0/s1. The average molecular weight is 596 g/mol. The summed E-state index contributed by atoms with van der Waals surface area (Å²) in [5.41, 5.74) is -2.94. The van der Waals surface area contributed by atoms with E-state index in [1.54, 1.807) is 36.9 Å². The maximum Gasteiger partial charge on any atom is 0.421 e. The van der Waals surface area contributed by atoms with Gasteiger partial charge in [0.25, 0.3) is 0 Å². The van der Waals surface area contributed by atoms with Gasteiger partial charge in [0.05, 0.1) is 16.7 Å². The number of nitrogens with zero attached hydrogens (tertiary/aromatic N) is 2. The lowest BCUT2D eigenvalue weighted by atomic mass is 9.95. The smallest absolute Gasteiger partial charge is 0.376 e. The number of nitrogens with one attached hydrogen (secondary N) is 1. The summed E-state index contributed by atoms with van der Waals surface area (Å²) in [6, 6.07) is 10.7. The second kappa shape index (κ2) is 11.3. The van der Waals surface area contributed by atoms with Gasteiger partial charge in [-0.15, -0.1) is 12.6 Å². The summed E-state index contributed by atoms with van der Waals surface area (Å²) < 4.78 is 95.4. The van der Waals surface area contributed by atoms with E-state index in [-0.39, 0.29) is 53.2 Å². The number of hydrogen-bond donors (Lipinski definition) is 3. The van der Waals surface area contributed by atoms with E-state index in [9.17, 15) is 35.1 Å². The van der Waals surface area contributed by atoms with Gasteiger partial charge in [-0.3, -0.25) is 0 Å². The van der Waals surface area contributed by atoms with Gasteiger partial charge in [0.1, 0.15) is 0 Å². The number of sulfonamides is 2. The number of halogens is 3. The van der Waals surface area contributed by atoms with Crippen LogP contribution in [0.25, 0.3) is 0 Å². The molecule has 1 heterocycles. The predicted molar refractivity (Wildman–Crippen MR) is 142 cm³/mol. The van der Waals surface area contributed by atoms with Gasteiger partial charge in [-0.1, -0.05) is 38.1 Å². The average Bonchev–Trinajstić information content (AvgIpc) is 2.81. The molecule has 1 aliphatic rings. The first-order chi connectivity index (χ1) is 17.5. The number of rotatable bonds is 9. The molecule has 14 heteroatoms. The Balaban J connectivity index is 1.91. The summed E-state index contributed by atoms with van der Waals surface area (Å²) in [5, 5.41) is 9.98. The molecule has 2 aromatic carbocycles. The van der Waals surface area contributed by atoms with Crippen molar-refractivity contribution in [3.05, 3.63) is 54.1 Å². The number of benzene rings is 2. The van der Waals surface area contributed by atoms with Crippen LogP contribution in [0.1, 0.15) is 26.3 Å². The molecule has 0 saturated carbocycles. The molecule has 2 atom stereocenters. The normalized spacial score (nSPS) is 19.5. The van der Waals surface area contributed by atoms with Crippen molar-refractivity contribution in [3.63, 3.8) is 0 Å². The highest BCUT2D eigenvalue weighted by molar-refractivity contribution is 7.90. The van der Waals surface area contributed by atoms with Crippen molar-refractivity contribution >= 4 is 38.4 Å². The fraction of sp³-hybridized carbons (Fsp3) is 0.500. The molecule has 38 heavy (non-hydrogen) atoms. The first-order valence-corrected chi connectivity index (χ1v) is 15.4. The number of aliphatic hydroxyl groups is 1. The van der Waals surface area contributed by atoms with E-state index < -0.39 is 37.9 Å². The van der Waals surface area contributed by atoms with Crippen molar-refractivity contribution in [2.24, 2.45) is 5.92 Å². The fourth-order valence-corrected chi connectivity index (χ4v) is 7.74. The third kappa shape index (κ3) is 6.83. The highest BCUT2D eigenvalue weighted by Gasteiger charge is 2.51. The summed E-state index contributed by atoms with van der Waals surface area (Å²) in [6.07, 6.45) is -4.88. The molecular weight excluding hydrogens is 563 g/mol. The maximum atomic E-state index is 13.4. The fourth-order valence-electron chi connectivity index (χ4n) is 4.24. The predicted octanol–water partition coefficient (Wildman–Crippen LogP) is 3.20. The van der Waals surface area contributed by atoms with Gasteiger partial charge in [-0.2, -0.15) is 17.5 Å². The molecule has 3 rings (SSSR count). The number of thiol groups is 1. The van der Waals surface area contributed by atoms with Crippen molar-refractivity contribution in [1.82, 2.24) is 9.03 Å². The van der Waals surface area contributed by atoms with Crippen LogP contribution in [-0.2, 0) is 25.6 Å². The molecule has 0 aliphatic carbocycles. The summed E-state index contributed by atoms with van der Waals surface area (Å²) in [4.78, 5) is 2.05. The molecule has 8 nitrogen and oxygen atoms in total. The highest BCUT2D eigenvalue weighted by Crippen LogP contribution is 2.39. The van der Waals surface area contributed by atoms with Crippen molar-refractivity contribution < 1.29 is 35.1 Å². The molecule has 1 fully saturated rings. The molecule has 0 spiro atoms. The lowest BCUT2D eigenvalue weighted by molar-refractivity contribution is -0.258. The minimum Gasteiger partial charge on any atom is -0.376 e. The number of anilines is 1. The largest absolute Gasteiger partial charge is 0.421 e. The van der Waals surface area contributed by atoms with E-state index in [0.717, 1.165) is 12.1 Å². The van der Waals surface area contributed by atoms with Crippen LogP contribution in [-0.4, -0.2) is 70.4 Å². The zero-order valence-electron chi connectivity index (χ0n) is 21.2. The van der Waals surface area contributed by atoms with Crippen LogP contribution in [0.4, 0.5) is 18.9 Å². The summed E-state index contributed by atoms with van der Waals surface area (Å²) in [7, 11) is -7.61. The third-order valence-corrected chi connectivity index (χ3v) is 10.5. The van der Waals surface area contributed by atoms with Crippen LogP contribution in [0.3, 0.4) is 0 Å². The van der Waals surface area contributed by atoms with Gasteiger partial charge in [-0.05, 0) is 42.7 Å². The van der Waals surface area contributed by atoms with Gasteiger partial charge in [0, 0.05) is 36.8 Å². The Labute approximate surface area is 227 Å². The van der Waals surface area contributed by atoms with Crippen LogP contribution in [0, 0.1) is 5.92 Å². The Kier molecular flexibility index (Phi) is 9.16. The molecule has 212 valence electrons. The van der Waals surface area contributed by atoms with Crippen molar-refractivity contribution in [2.45, 2.75) is 48.4 Å². The van der Waals surface area contributed by atoms with Crippen molar-refractivity contribution in [2.75, 3.05) is 36.8 Å². The number of piperazine rings is 1. The molecule has 1 saturated heterocycles. The molecule has 0 unspecified atom stereocenters. The monoisotopic (exact) mass is 595 g/mol. The van der Waals surface area contributed by atoms with Gasteiger partial charge >= 0.3 is 6.18 Å². The Bertz CT molecular complexity index is 1330. The topological polar surface area (TPSA) is 107 Å². The number of hydrogen-bond acceptors (Lipinski definition) is 7. The SMILES string of the molecule is CC(C)CS(=O)(=O)NC[C@H]1CN(S(=O)(=O)c2ccccc2S)CCN1c1ccc([C@](C)(O)C(F)(F)F)cc1. The molecule has 0 bridgehead atoms. The summed E-state index contributed by atoms with van der Waals surface area (Å²) in [6.45, 7) is 4.19. The third-order valence-electron chi connectivity index (χ3n) is 6.33. The Morgan fingerprint density at radius 2 is 1.66 bits per heavy atom. The van der Waals surface area contributed by atoms with Crippen LogP contribution >= 0.6 is 12.6 Å². The zero-order valence-corrected chi connectivity index (χ0v) is 23.7. The number of alkyl halides is 3. The van der Waals surface area contributed by atoms with Gasteiger partial charge < -0.3 is 10.0 Å². The van der Waals surface area contributed by atoms with Gasteiger partial charge in [-0.25, -0.2) is 21.6 Å². The molecule has 0 radical (unpaired) electrons. The molecule has 0 aromatic heterocycles. The Hall–Kier alpha value is -1.84. The van der Waals surface area contributed by atoms with E-state index in [0.29, 0.717) is 12.6 Å². The second-order valence-electron chi connectivity index (χ2n) is 9.82. The van der Waals surface area contributed by atoms with Gasteiger partial charge in [0.2, 0.25) is 20.0 Å². The quantitative estimate of drug-likeness (QED) is 0.385. The maximum absolute atomic E-state index is 13.4. The molecular formula is C24H32F3N3O5S3. The lowest BCUT2D eigenvalue weighted by Gasteiger charge is -2.42. The lowest BCUT2D eigenvalue weighted by Crippen LogP contribution is -2.58. The first kappa shape index (κ1) is 30.7. The van der Waals surface area contributed by atoms with E-state index in [1.807, 2.05) is 0 Å². The zero-order chi connectivity index (χ0) is 28.5. The Morgan fingerprint density at radius 3 is 2.21 bits per heavy atom. The molecule has 2 N–H and O–H groups in total. The molecule has 1 aliphatic heterocycles. The summed E-state index contributed by atoms with van der Waals surface area (Å²) in [5.74, 6) is -0.247. The van der Waals surface area contributed by atoms with E-state index in [4.69, 9.17) is 0 Å². The minimum atomic E-state index is -4.88. The minimum absolute atomic E-state index is 0.0228. The molecule has 0 amide bonds. The van der Waals surface area contributed by atoms with E-state index in [1.165, 1.54) is 22.5 Å². The highest BCUT2D eigenvalue weighted by atomic mass is 32.2. The van der Waals surface area contributed by atoms with Crippen LogP contribution in [0.2, 0.25) is 0 Å². The van der Waals surface area contributed by atoms with E-state index >= 15 is 0 Å². The van der Waals surface area contributed by atoms with Gasteiger partial charge in [0.15, 0.2) is 5.60 Å². The summed E-state index contributed by atoms with van der Waals surface area (Å²) >= 11 is 4.26.